The fraction of sp³-hybridized carbons (Fsp3) is 0.222. The first kappa shape index (κ1) is 18.4. The third-order valence-electron chi connectivity index (χ3n) is 3.55. The van der Waals surface area contributed by atoms with Crippen molar-refractivity contribution in [2.75, 3.05) is 13.6 Å². The van der Waals surface area contributed by atoms with E-state index in [1.165, 1.54) is 0 Å². The van der Waals surface area contributed by atoms with Crippen molar-refractivity contribution in [2.45, 2.75) is 23.6 Å². The minimum Gasteiger partial charge on any atom is -0.366 e. The van der Waals surface area contributed by atoms with Gasteiger partial charge >= 0.3 is 0 Å². The van der Waals surface area contributed by atoms with Gasteiger partial charge in [-0.05, 0) is 59.6 Å². The van der Waals surface area contributed by atoms with E-state index in [2.05, 4.69) is 27.0 Å². The van der Waals surface area contributed by atoms with E-state index in [1.54, 1.807) is 30.6 Å². The lowest BCUT2D eigenvalue weighted by atomic mass is 10.2. The van der Waals surface area contributed by atoms with Crippen LogP contribution in [0.15, 0.2) is 55.7 Å². The van der Waals surface area contributed by atoms with Crippen LogP contribution in [-0.4, -0.2) is 29.0 Å². The number of benzene rings is 2. The van der Waals surface area contributed by atoms with Gasteiger partial charge in [0.15, 0.2) is 0 Å². The van der Waals surface area contributed by atoms with E-state index in [4.69, 9.17) is 0 Å². The van der Waals surface area contributed by atoms with Crippen molar-refractivity contribution >= 4 is 38.8 Å². The number of hydrogen-bond acceptors (Lipinski definition) is 3. The molecular formula is C18H18BrN3OS. The third kappa shape index (κ3) is 4.11. The quantitative estimate of drug-likeness (QED) is 0.548. The van der Waals surface area contributed by atoms with Gasteiger partial charge in [0.2, 0.25) is 0 Å². The largest absolute Gasteiger partial charge is 0.366 e. The normalized spacial score (nSPS) is 12.1. The summed E-state index contributed by atoms with van der Waals surface area (Å²) in [6.45, 7) is 4.85. The highest BCUT2D eigenvalue weighted by molar-refractivity contribution is 9.10. The van der Waals surface area contributed by atoms with Crippen molar-refractivity contribution < 1.29 is 4.21 Å². The molecule has 0 spiro atoms. The molecule has 2 rings (SSSR count). The molecule has 24 heavy (non-hydrogen) atoms. The second-order valence-electron chi connectivity index (χ2n) is 5.26. The van der Waals surface area contributed by atoms with Crippen LogP contribution in [0.25, 0.3) is 0 Å². The summed E-state index contributed by atoms with van der Waals surface area (Å²) in [5.74, 6) is 0. The summed E-state index contributed by atoms with van der Waals surface area (Å²) in [6, 6.07) is 12.8. The first-order valence-corrected chi connectivity index (χ1v) is 9.37. The van der Waals surface area contributed by atoms with Gasteiger partial charge < -0.3 is 4.90 Å². The van der Waals surface area contributed by atoms with Crippen molar-refractivity contribution in [3.63, 3.8) is 0 Å². The summed E-state index contributed by atoms with van der Waals surface area (Å²) in [4.78, 5) is 7.59. The van der Waals surface area contributed by atoms with Gasteiger partial charge in [-0.1, -0.05) is 12.1 Å². The molecule has 0 bridgehead atoms. The zero-order chi connectivity index (χ0) is 17.7. The molecular weight excluding hydrogens is 386 g/mol. The monoisotopic (exact) mass is 403 g/mol. The van der Waals surface area contributed by atoms with Crippen LogP contribution in [0.5, 0.6) is 0 Å². The molecule has 0 heterocycles. The van der Waals surface area contributed by atoms with Crippen LogP contribution in [-0.2, 0) is 10.8 Å². The van der Waals surface area contributed by atoms with Crippen molar-refractivity contribution in [1.29, 1.82) is 5.26 Å². The Morgan fingerprint density at radius 1 is 1.33 bits per heavy atom. The minimum absolute atomic E-state index is 0.423. The van der Waals surface area contributed by atoms with Crippen LogP contribution < -0.4 is 0 Å². The fourth-order valence-corrected chi connectivity index (χ4v) is 4.05. The SMILES string of the molecule is CCN(C)C=Nc1cc(Br)c(S(=O)c2ccccc2C#N)cc1C. The van der Waals surface area contributed by atoms with Crippen LogP contribution in [0.1, 0.15) is 18.1 Å². The van der Waals surface area contributed by atoms with Crippen molar-refractivity contribution in [3.8, 4) is 6.07 Å². The van der Waals surface area contributed by atoms with E-state index in [0.717, 1.165) is 17.8 Å². The van der Waals surface area contributed by atoms with Crippen molar-refractivity contribution in [3.05, 3.63) is 52.0 Å². The number of halogens is 1. The summed E-state index contributed by atoms with van der Waals surface area (Å²) in [7, 11) is 0.520. The number of hydrogen-bond donors (Lipinski definition) is 0. The molecule has 0 aliphatic carbocycles. The molecule has 2 aromatic carbocycles. The fourth-order valence-electron chi connectivity index (χ4n) is 2.01. The van der Waals surface area contributed by atoms with E-state index < -0.39 is 10.8 Å². The Bertz CT molecular complexity index is 843. The van der Waals surface area contributed by atoms with Gasteiger partial charge in [0.1, 0.15) is 6.07 Å². The summed E-state index contributed by atoms with van der Waals surface area (Å²) in [5, 5.41) is 9.21. The highest BCUT2D eigenvalue weighted by atomic mass is 79.9. The zero-order valence-electron chi connectivity index (χ0n) is 13.8. The molecule has 4 nitrogen and oxygen atoms in total. The van der Waals surface area contributed by atoms with Crippen LogP contribution in [0, 0.1) is 18.3 Å². The van der Waals surface area contributed by atoms with E-state index >= 15 is 0 Å². The molecule has 2 aromatic rings. The average molecular weight is 404 g/mol. The van der Waals surface area contributed by atoms with Crippen molar-refractivity contribution in [2.24, 2.45) is 4.99 Å². The molecule has 0 fully saturated rings. The molecule has 0 aromatic heterocycles. The van der Waals surface area contributed by atoms with Gasteiger partial charge in [-0.25, -0.2) is 9.20 Å². The smallest absolute Gasteiger partial charge is 0.100 e. The molecule has 0 saturated heterocycles. The van der Waals surface area contributed by atoms with Crippen LogP contribution in [0.2, 0.25) is 0 Å². The molecule has 0 aliphatic heterocycles. The lowest BCUT2D eigenvalue weighted by molar-refractivity contribution is 0.552. The standard InChI is InChI=1S/C18H18BrN3OS/c1-4-22(3)12-21-16-10-15(19)18(9-13(16)2)24(23)17-8-6-5-7-14(17)11-20/h5-10,12H,4H2,1-3H3. The Hall–Kier alpha value is -1.97. The maximum Gasteiger partial charge on any atom is 0.100 e. The van der Waals surface area contributed by atoms with E-state index in [9.17, 15) is 9.47 Å². The summed E-state index contributed by atoms with van der Waals surface area (Å²) in [5.41, 5.74) is 2.17. The number of nitriles is 1. The predicted molar refractivity (Wildman–Crippen MR) is 101 cm³/mol. The molecule has 0 N–H and O–H groups in total. The van der Waals surface area contributed by atoms with Gasteiger partial charge in [0.25, 0.3) is 0 Å². The summed E-state index contributed by atoms with van der Waals surface area (Å²) < 4.78 is 13.6. The van der Waals surface area contributed by atoms with Gasteiger partial charge in [0.05, 0.1) is 38.2 Å². The van der Waals surface area contributed by atoms with Gasteiger partial charge in [-0.2, -0.15) is 5.26 Å². The molecule has 6 heteroatoms. The zero-order valence-corrected chi connectivity index (χ0v) is 16.2. The minimum atomic E-state index is -1.43. The molecule has 0 amide bonds. The second-order valence-corrected chi connectivity index (χ2v) is 7.54. The molecule has 0 radical (unpaired) electrons. The lowest BCUT2D eigenvalue weighted by Gasteiger charge is -2.11. The molecule has 124 valence electrons. The first-order chi connectivity index (χ1) is 11.5. The highest BCUT2D eigenvalue weighted by Gasteiger charge is 2.16. The third-order valence-corrected chi connectivity index (χ3v) is 5.96. The Morgan fingerprint density at radius 2 is 2.04 bits per heavy atom. The predicted octanol–water partition coefficient (Wildman–Crippen LogP) is 4.41. The van der Waals surface area contributed by atoms with Crippen LogP contribution in [0.3, 0.4) is 0 Å². The number of nitrogens with zero attached hydrogens (tertiary/aromatic N) is 3. The Morgan fingerprint density at radius 3 is 2.71 bits per heavy atom. The molecule has 1 unspecified atom stereocenters. The Labute approximate surface area is 153 Å². The Balaban J connectivity index is 2.42. The number of rotatable bonds is 5. The van der Waals surface area contributed by atoms with Gasteiger partial charge in [-0.15, -0.1) is 0 Å². The van der Waals surface area contributed by atoms with Crippen LogP contribution in [0.4, 0.5) is 5.69 Å². The summed E-state index contributed by atoms with van der Waals surface area (Å²) >= 11 is 3.49. The van der Waals surface area contributed by atoms with Crippen LogP contribution >= 0.6 is 15.9 Å². The van der Waals surface area contributed by atoms with Gasteiger partial charge in [-0.3, -0.25) is 0 Å². The maximum atomic E-state index is 12.9. The van der Waals surface area contributed by atoms with Gasteiger partial charge in [0, 0.05) is 18.1 Å². The lowest BCUT2D eigenvalue weighted by Crippen LogP contribution is -2.14. The second kappa shape index (κ2) is 8.22. The maximum absolute atomic E-state index is 12.9. The topological polar surface area (TPSA) is 56.5 Å². The van der Waals surface area contributed by atoms with E-state index in [1.807, 2.05) is 37.9 Å². The van der Waals surface area contributed by atoms with E-state index in [0.29, 0.717) is 19.8 Å². The highest BCUT2D eigenvalue weighted by Crippen LogP contribution is 2.32. The number of aryl methyl sites for hydroxylation is 1. The van der Waals surface area contributed by atoms with E-state index in [-0.39, 0.29) is 0 Å². The van der Waals surface area contributed by atoms with Crippen molar-refractivity contribution in [1.82, 2.24) is 4.90 Å². The number of aliphatic imine (C=N–C) groups is 1. The first-order valence-electron chi connectivity index (χ1n) is 7.43. The molecule has 1 atom stereocenters. The average Bonchev–Trinajstić information content (AvgIpc) is 2.61. The molecule has 0 saturated carbocycles. The molecule has 0 aliphatic rings. The summed E-state index contributed by atoms with van der Waals surface area (Å²) in [6.07, 6.45) is 1.77. The Kier molecular flexibility index (Phi) is 6.29.